The number of anilines is 1. The van der Waals surface area contributed by atoms with Gasteiger partial charge in [0.05, 0.1) is 7.05 Å². The first-order valence-electron chi connectivity index (χ1n) is 9.32. The predicted molar refractivity (Wildman–Crippen MR) is 117 cm³/mol. The molecule has 0 aliphatic heterocycles. The summed E-state index contributed by atoms with van der Waals surface area (Å²) in [6.07, 6.45) is 1.89. The number of nitrogens with zero attached hydrogens (tertiary/aromatic N) is 2. The molecule has 4 rings (SSSR count). The Labute approximate surface area is 174 Å². The average molecular weight is 403 g/mol. The molecule has 4 aromatic rings. The Morgan fingerprint density at radius 1 is 0.931 bits per heavy atom. The summed E-state index contributed by atoms with van der Waals surface area (Å²) < 4.78 is 3.63. The summed E-state index contributed by atoms with van der Waals surface area (Å²) in [4.78, 5) is 12.8. The summed E-state index contributed by atoms with van der Waals surface area (Å²) in [7, 11) is 1.88. The average Bonchev–Trinajstić information content (AvgIpc) is 3.03. The minimum atomic E-state index is 0.00422. The van der Waals surface area contributed by atoms with E-state index in [4.69, 9.17) is 17.3 Å². The lowest BCUT2D eigenvalue weighted by Gasteiger charge is -2.04. The van der Waals surface area contributed by atoms with Gasteiger partial charge < -0.3 is 0 Å². The van der Waals surface area contributed by atoms with Crippen molar-refractivity contribution in [1.29, 1.82) is 0 Å². The number of hydrogen-bond donors (Lipinski definition) is 1. The minimum absolute atomic E-state index is 0.00422. The van der Waals surface area contributed by atoms with Gasteiger partial charge in [-0.25, -0.2) is 9.13 Å². The molecule has 1 aromatic heterocycles. The number of ketones is 1. The first-order valence-corrected chi connectivity index (χ1v) is 9.70. The molecule has 2 N–H and O–H groups in total. The van der Waals surface area contributed by atoms with E-state index in [1.54, 1.807) is 4.57 Å². The highest BCUT2D eigenvalue weighted by Gasteiger charge is 2.20. The van der Waals surface area contributed by atoms with Crippen LogP contribution >= 0.6 is 11.6 Å². The summed E-state index contributed by atoms with van der Waals surface area (Å²) in [6, 6.07) is 25.3. The second-order valence-corrected chi connectivity index (χ2v) is 7.37. The number of nitrogens with two attached hydrogens (primary N) is 1. The molecule has 0 unspecified atom stereocenters. The van der Waals surface area contributed by atoms with Crippen LogP contribution in [0.15, 0.2) is 85.1 Å². The van der Waals surface area contributed by atoms with Crippen LogP contribution in [-0.2, 0) is 13.6 Å². The van der Waals surface area contributed by atoms with Crippen LogP contribution in [0.5, 0.6) is 0 Å². The minimum Gasteiger partial charge on any atom is -0.291 e. The van der Waals surface area contributed by atoms with Crippen LogP contribution in [0.4, 0.5) is 5.95 Å². The zero-order valence-corrected chi connectivity index (χ0v) is 16.8. The molecule has 0 saturated carbocycles. The first-order chi connectivity index (χ1) is 14.0. The van der Waals surface area contributed by atoms with E-state index in [1.807, 2.05) is 84.5 Å². The van der Waals surface area contributed by atoms with Gasteiger partial charge >= 0.3 is 5.95 Å². The molecule has 0 fully saturated rings. The van der Waals surface area contributed by atoms with Gasteiger partial charge in [0.1, 0.15) is 18.4 Å². The number of Topliss-reactive ketones (excluding diaryl/α,β-unsaturated/α-hetero) is 1. The van der Waals surface area contributed by atoms with Crippen molar-refractivity contribution in [3.8, 4) is 22.4 Å². The molecule has 0 saturated heterocycles. The van der Waals surface area contributed by atoms with Gasteiger partial charge in [-0.1, -0.05) is 78.3 Å². The third-order valence-corrected chi connectivity index (χ3v) is 5.26. The van der Waals surface area contributed by atoms with E-state index >= 15 is 0 Å². The highest BCUT2D eigenvalue weighted by Crippen LogP contribution is 2.23. The summed E-state index contributed by atoms with van der Waals surface area (Å²) in [5.41, 5.74) is 11.0. The van der Waals surface area contributed by atoms with Gasteiger partial charge in [-0.3, -0.25) is 10.5 Å². The highest BCUT2D eigenvalue weighted by molar-refractivity contribution is 6.30. The maximum Gasteiger partial charge on any atom is 0.355 e. The smallest absolute Gasteiger partial charge is 0.291 e. The van der Waals surface area contributed by atoms with Crippen LogP contribution in [0.25, 0.3) is 22.4 Å². The van der Waals surface area contributed by atoms with Gasteiger partial charge in [-0.15, -0.1) is 0 Å². The zero-order valence-electron chi connectivity index (χ0n) is 16.0. The van der Waals surface area contributed by atoms with E-state index < -0.39 is 0 Å². The van der Waals surface area contributed by atoms with E-state index in [2.05, 4.69) is 12.1 Å². The van der Waals surface area contributed by atoms with E-state index in [-0.39, 0.29) is 12.3 Å². The normalized spacial score (nSPS) is 10.8. The largest absolute Gasteiger partial charge is 0.355 e. The van der Waals surface area contributed by atoms with Crippen molar-refractivity contribution in [2.45, 2.75) is 6.54 Å². The second-order valence-electron chi connectivity index (χ2n) is 6.94. The maximum absolute atomic E-state index is 12.8. The quantitative estimate of drug-likeness (QED) is 0.386. The predicted octanol–water partition coefficient (Wildman–Crippen LogP) is 4.77. The lowest BCUT2D eigenvalue weighted by Crippen LogP contribution is -2.39. The topological polar surface area (TPSA) is 51.9 Å². The molecular weight excluding hydrogens is 382 g/mol. The molecule has 0 spiro atoms. The number of halogens is 1. The van der Waals surface area contributed by atoms with Crippen molar-refractivity contribution >= 4 is 23.3 Å². The Balaban J connectivity index is 1.56. The van der Waals surface area contributed by atoms with Gasteiger partial charge in [-0.2, -0.15) is 0 Å². The van der Waals surface area contributed by atoms with Gasteiger partial charge in [0.25, 0.3) is 0 Å². The van der Waals surface area contributed by atoms with Gasteiger partial charge in [0.15, 0.2) is 5.78 Å². The molecule has 1 heterocycles. The lowest BCUT2D eigenvalue weighted by atomic mass is 10.0. The zero-order chi connectivity index (χ0) is 20.4. The van der Waals surface area contributed by atoms with E-state index in [0.717, 1.165) is 22.4 Å². The van der Waals surface area contributed by atoms with Crippen LogP contribution in [0.3, 0.4) is 0 Å². The fourth-order valence-corrected chi connectivity index (χ4v) is 3.57. The Kier molecular flexibility index (Phi) is 5.19. The molecule has 3 aromatic carbocycles. The lowest BCUT2D eigenvalue weighted by molar-refractivity contribution is -0.667. The Morgan fingerprint density at radius 2 is 1.59 bits per heavy atom. The fourth-order valence-electron chi connectivity index (χ4n) is 3.38. The Bertz CT molecular complexity index is 1160. The second kappa shape index (κ2) is 7.94. The number of hydrogen-bond acceptors (Lipinski definition) is 2. The van der Waals surface area contributed by atoms with Crippen molar-refractivity contribution in [2.75, 3.05) is 5.73 Å². The maximum atomic E-state index is 12.8. The third-order valence-electron chi connectivity index (χ3n) is 5.03. The number of rotatable bonds is 5. The van der Waals surface area contributed by atoms with Crippen molar-refractivity contribution in [1.82, 2.24) is 4.57 Å². The highest BCUT2D eigenvalue weighted by atomic mass is 35.5. The molecule has 0 radical (unpaired) electrons. The van der Waals surface area contributed by atoms with Crippen molar-refractivity contribution < 1.29 is 9.36 Å². The fraction of sp³-hybridized carbons (Fsp3) is 0.0833. The monoisotopic (exact) mass is 402 g/mol. The molecule has 4 nitrogen and oxygen atoms in total. The third kappa shape index (κ3) is 3.93. The molecular formula is C24H21ClN3O+. The summed E-state index contributed by atoms with van der Waals surface area (Å²) in [6.45, 7) is 0.172. The van der Waals surface area contributed by atoms with Gasteiger partial charge in [0.2, 0.25) is 0 Å². The molecule has 0 amide bonds. The van der Waals surface area contributed by atoms with Crippen LogP contribution in [0.1, 0.15) is 10.4 Å². The molecule has 0 aliphatic carbocycles. The van der Waals surface area contributed by atoms with Crippen LogP contribution in [0.2, 0.25) is 5.02 Å². The number of nitrogen functional groups attached to an aromatic ring is 1. The molecule has 144 valence electrons. The van der Waals surface area contributed by atoms with E-state index in [9.17, 15) is 4.79 Å². The number of imidazole rings is 1. The summed E-state index contributed by atoms with van der Waals surface area (Å²) in [5.74, 6) is 0.513. The van der Waals surface area contributed by atoms with Crippen molar-refractivity contribution in [2.24, 2.45) is 7.05 Å². The number of aromatic nitrogens is 2. The van der Waals surface area contributed by atoms with Gasteiger partial charge in [0, 0.05) is 16.1 Å². The van der Waals surface area contributed by atoms with Crippen LogP contribution < -0.4 is 10.3 Å². The SMILES string of the molecule is Cn1c(-c2cccc(Cl)c2)c[n+](CC(=O)c2ccc(-c3ccccc3)cc2)c1N. The number of carbonyl (C=O) groups is 1. The number of carbonyl (C=O) groups excluding carboxylic acids is 1. The Hall–Kier alpha value is -3.37. The summed E-state index contributed by atoms with van der Waals surface area (Å²) in [5, 5.41) is 0.656. The molecule has 29 heavy (non-hydrogen) atoms. The van der Waals surface area contributed by atoms with Crippen molar-refractivity contribution in [3.05, 3.63) is 95.6 Å². The molecule has 5 heteroatoms. The summed E-state index contributed by atoms with van der Waals surface area (Å²) >= 11 is 6.11. The van der Waals surface area contributed by atoms with E-state index in [1.165, 1.54) is 0 Å². The van der Waals surface area contributed by atoms with Crippen LogP contribution in [-0.4, -0.2) is 10.4 Å². The van der Waals surface area contributed by atoms with Gasteiger partial charge in [-0.05, 0) is 23.3 Å². The number of benzene rings is 3. The molecule has 0 atom stereocenters. The first kappa shape index (κ1) is 19.0. The van der Waals surface area contributed by atoms with Crippen LogP contribution in [0, 0.1) is 0 Å². The van der Waals surface area contributed by atoms with Crippen molar-refractivity contribution in [3.63, 3.8) is 0 Å². The molecule has 0 aliphatic rings. The van der Waals surface area contributed by atoms with E-state index in [0.29, 0.717) is 16.5 Å². The Morgan fingerprint density at radius 3 is 2.28 bits per heavy atom. The standard InChI is InChI=1S/C24H20ClN3O/c1-27-22(20-8-5-9-21(25)14-20)15-28(24(27)26)16-23(29)19-12-10-18(11-13-19)17-6-3-2-4-7-17/h2-15,26H,16H2,1H3/p+1. The molecule has 0 bridgehead atoms.